The molecule has 0 saturated heterocycles. The van der Waals surface area contributed by atoms with Gasteiger partial charge in [-0.1, -0.05) is 23.8 Å². The second-order valence-electron chi connectivity index (χ2n) is 4.72. The van der Waals surface area contributed by atoms with Crippen LogP contribution in [0.15, 0.2) is 73.8 Å². The lowest BCUT2D eigenvalue weighted by Gasteiger charge is -2.17. The monoisotopic (exact) mass is 364 g/mol. The summed E-state index contributed by atoms with van der Waals surface area (Å²) >= 11 is 5.84. The van der Waals surface area contributed by atoms with Crippen LogP contribution in [0.3, 0.4) is 0 Å². The molecule has 0 bridgehead atoms. The zero-order chi connectivity index (χ0) is 17.4. The van der Waals surface area contributed by atoms with E-state index >= 15 is 0 Å². The first-order valence-corrected chi connectivity index (χ1v) is 9.14. The minimum absolute atomic E-state index is 0.122. The third-order valence-electron chi connectivity index (χ3n) is 2.93. The molecule has 2 aromatic rings. The van der Waals surface area contributed by atoms with Crippen molar-refractivity contribution >= 4 is 24.5 Å². The lowest BCUT2D eigenvalue weighted by Crippen LogP contribution is -2.10. The Kier molecular flexibility index (Phi) is 6.83. The van der Waals surface area contributed by atoms with Crippen LogP contribution in [-0.4, -0.2) is 13.2 Å². The SMILES string of the molecule is C=CCOP(=O)(OCC=C)c1ccc(Oc2ccc(Cl)cc2)cc1. The molecular formula is C18H18ClO4P. The highest BCUT2D eigenvalue weighted by molar-refractivity contribution is 7.62. The number of hydrogen-bond acceptors (Lipinski definition) is 4. The van der Waals surface area contributed by atoms with Gasteiger partial charge >= 0.3 is 7.60 Å². The van der Waals surface area contributed by atoms with E-state index in [2.05, 4.69) is 13.2 Å². The zero-order valence-electron chi connectivity index (χ0n) is 13.1. The molecule has 0 N–H and O–H groups in total. The van der Waals surface area contributed by atoms with E-state index in [1.54, 1.807) is 48.5 Å². The van der Waals surface area contributed by atoms with Crippen molar-refractivity contribution in [2.75, 3.05) is 13.2 Å². The molecule has 2 rings (SSSR count). The Bertz CT molecular complexity index is 710. The number of benzene rings is 2. The largest absolute Gasteiger partial charge is 0.457 e. The van der Waals surface area contributed by atoms with Crippen molar-refractivity contribution < 1.29 is 18.3 Å². The third-order valence-corrected chi connectivity index (χ3v) is 5.09. The molecule has 0 fully saturated rings. The molecule has 0 unspecified atom stereocenters. The van der Waals surface area contributed by atoms with Gasteiger partial charge in [0.15, 0.2) is 0 Å². The molecule has 2 aromatic carbocycles. The summed E-state index contributed by atoms with van der Waals surface area (Å²) in [7, 11) is -3.43. The van der Waals surface area contributed by atoms with E-state index in [0.29, 0.717) is 21.8 Å². The first-order valence-electron chi connectivity index (χ1n) is 7.22. The van der Waals surface area contributed by atoms with Crippen LogP contribution in [0.4, 0.5) is 0 Å². The number of rotatable bonds is 9. The molecule has 0 aliphatic carbocycles. The van der Waals surface area contributed by atoms with Crippen LogP contribution in [0, 0.1) is 0 Å². The first-order chi connectivity index (χ1) is 11.6. The lowest BCUT2D eigenvalue weighted by molar-refractivity contribution is 0.247. The fourth-order valence-electron chi connectivity index (χ4n) is 1.82. The molecule has 4 nitrogen and oxygen atoms in total. The summed E-state index contributed by atoms with van der Waals surface area (Å²) in [4.78, 5) is 0. The Morgan fingerprint density at radius 2 is 1.33 bits per heavy atom. The predicted octanol–water partition coefficient (Wildman–Crippen LogP) is 5.36. The van der Waals surface area contributed by atoms with Crippen molar-refractivity contribution in [2.45, 2.75) is 0 Å². The van der Waals surface area contributed by atoms with E-state index < -0.39 is 7.60 Å². The second kappa shape index (κ2) is 8.86. The van der Waals surface area contributed by atoms with Crippen molar-refractivity contribution in [3.8, 4) is 11.5 Å². The molecule has 0 radical (unpaired) electrons. The van der Waals surface area contributed by atoms with Gasteiger partial charge in [0.1, 0.15) is 11.5 Å². The Morgan fingerprint density at radius 1 is 0.875 bits per heavy atom. The van der Waals surface area contributed by atoms with Gasteiger partial charge < -0.3 is 13.8 Å². The van der Waals surface area contributed by atoms with Crippen molar-refractivity contribution in [1.29, 1.82) is 0 Å². The van der Waals surface area contributed by atoms with Gasteiger partial charge in [0.25, 0.3) is 0 Å². The summed E-state index contributed by atoms with van der Waals surface area (Å²) in [5.41, 5.74) is 0. The predicted molar refractivity (Wildman–Crippen MR) is 97.5 cm³/mol. The van der Waals surface area contributed by atoms with Gasteiger partial charge in [-0.15, -0.1) is 13.2 Å². The average Bonchev–Trinajstić information content (AvgIpc) is 2.61. The van der Waals surface area contributed by atoms with Gasteiger partial charge in [-0.3, -0.25) is 4.57 Å². The summed E-state index contributed by atoms with van der Waals surface area (Å²) in [6, 6.07) is 13.7. The maximum Gasteiger partial charge on any atom is 0.361 e. The minimum atomic E-state index is -3.43. The van der Waals surface area contributed by atoms with Crippen LogP contribution < -0.4 is 10.0 Å². The zero-order valence-corrected chi connectivity index (χ0v) is 14.7. The molecule has 6 heteroatoms. The molecule has 0 spiro atoms. The van der Waals surface area contributed by atoms with E-state index in [1.165, 1.54) is 12.2 Å². The Labute approximate surface area is 146 Å². The molecule has 24 heavy (non-hydrogen) atoms. The van der Waals surface area contributed by atoms with Crippen LogP contribution in [0.5, 0.6) is 11.5 Å². The number of halogens is 1. The third kappa shape index (κ3) is 5.08. The summed E-state index contributed by atoms with van der Waals surface area (Å²) in [5, 5.41) is 1.08. The molecule has 126 valence electrons. The Morgan fingerprint density at radius 3 is 1.79 bits per heavy atom. The summed E-state index contributed by atoms with van der Waals surface area (Å²) in [6.07, 6.45) is 3.03. The molecule has 0 atom stereocenters. The maximum absolute atomic E-state index is 12.8. The van der Waals surface area contributed by atoms with Crippen LogP contribution in [0.2, 0.25) is 5.02 Å². The molecule has 0 amide bonds. The van der Waals surface area contributed by atoms with E-state index in [9.17, 15) is 4.57 Å². The summed E-state index contributed by atoms with van der Waals surface area (Å²) < 4.78 is 29.2. The van der Waals surface area contributed by atoms with Gasteiger partial charge in [0, 0.05) is 5.02 Å². The van der Waals surface area contributed by atoms with Gasteiger partial charge in [-0.25, -0.2) is 0 Å². The van der Waals surface area contributed by atoms with E-state index in [0.717, 1.165) is 0 Å². The quantitative estimate of drug-likeness (QED) is 0.444. The highest BCUT2D eigenvalue weighted by Gasteiger charge is 2.26. The minimum Gasteiger partial charge on any atom is -0.457 e. The van der Waals surface area contributed by atoms with E-state index in [4.69, 9.17) is 25.4 Å². The van der Waals surface area contributed by atoms with Crippen LogP contribution in [0.25, 0.3) is 0 Å². The lowest BCUT2D eigenvalue weighted by atomic mass is 10.3. The Hall–Kier alpha value is -1.84. The highest BCUT2D eigenvalue weighted by atomic mass is 35.5. The molecule has 0 heterocycles. The van der Waals surface area contributed by atoms with E-state index in [-0.39, 0.29) is 13.2 Å². The van der Waals surface area contributed by atoms with Crippen molar-refractivity contribution in [2.24, 2.45) is 0 Å². The van der Waals surface area contributed by atoms with Crippen LogP contribution in [0.1, 0.15) is 0 Å². The molecular weight excluding hydrogens is 347 g/mol. The first kappa shape index (κ1) is 18.5. The summed E-state index contributed by atoms with van der Waals surface area (Å²) in [6.45, 7) is 7.35. The van der Waals surface area contributed by atoms with Gasteiger partial charge in [-0.05, 0) is 48.5 Å². The molecule has 0 aliphatic rings. The van der Waals surface area contributed by atoms with E-state index in [1.807, 2.05) is 0 Å². The maximum atomic E-state index is 12.8. The molecule has 0 saturated carbocycles. The molecule has 0 aliphatic heterocycles. The normalized spacial score (nSPS) is 11.0. The smallest absolute Gasteiger partial charge is 0.361 e. The van der Waals surface area contributed by atoms with Gasteiger partial charge in [-0.2, -0.15) is 0 Å². The van der Waals surface area contributed by atoms with Crippen molar-refractivity contribution in [3.05, 3.63) is 78.9 Å². The molecule has 0 aromatic heterocycles. The highest BCUT2D eigenvalue weighted by Crippen LogP contribution is 2.47. The van der Waals surface area contributed by atoms with Crippen molar-refractivity contribution in [1.82, 2.24) is 0 Å². The second-order valence-corrected chi connectivity index (χ2v) is 7.18. The fraction of sp³-hybridized carbons (Fsp3) is 0.111. The van der Waals surface area contributed by atoms with Crippen LogP contribution in [-0.2, 0) is 13.6 Å². The van der Waals surface area contributed by atoms with Crippen LogP contribution >= 0.6 is 19.2 Å². The standard InChI is InChI=1S/C18H18ClO4P/c1-3-13-21-24(20,22-14-4-2)18-11-9-17(10-12-18)23-16-7-5-15(19)6-8-16/h3-12H,1-2,13-14H2. The average molecular weight is 365 g/mol. The topological polar surface area (TPSA) is 44.8 Å². The van der Waals surface area contributed by atoms with Crippen molar-refractivity contribution in [3.63, 3.8) is 0 Å². The van der Waals surface area contributed by atoms with Gasteiger partial charge in [0.2, 0.25) is 0 Å². The number of ether oxygens (including phenoxy) is 1. The van der Waals surface area contributed by atoms with Gasteiger partial charge in [0.05, 0.1) is 18.5 Å². The fourth-order valence-corrected chi connectivity index (χ4v) is 3.44. The number of hydrogen-bond donors (Lipinski definition) is 0. The summed E-state index contributed by atoms with van der Waals surface area (Å²) in [5.74, 6) is 1.25. The Balaban J connectivity index is 2.15.